The van der Waals surface area contributed by atoms with Crippen LogP contribution in [-0.2, 0) is 19.2 Å². The minimum Gasteiger partial charge on any atom is -0.480 e. The summed E-state index contributed by atoms with van der Waals surface area (Å²) in [5.74, 6) is -2.51. The Bertz CT molecular complexity index is 527. The Kier molecular flexibility index (Phi) is 11.7. The van der Waals surface area contributed by atoms with Gasteiger partial charge in [0.2, 0.25) is 17.7 Å². The third-order valence-corrected chi connectivity index (χ3v) is 4.00. The van der Waals surface area contributed by atoms with E-state index in [2.05, 4.69) is 28.6 Å². The summed E-state index contributed by atoms with van der Waals surface area (Å²) in [6, 6.07) is -2.60. The van der Waals surface area contributed by atoms with Crippen LogP contribution in [0.15, 0.2) is 0 Å². The Labute approximate surface area is 165 Å². The summed E-state index contributed by atoms with van der Waals surface area (Å²) in [7, 11) is 0. The van der Waals surface area contributed by atoms with Crippen molar-refractivity contribution in [2.45, 2.75) is 58.7 Å². The van der Waals surface area contributed by atoms with E-state index in [0.29, 0.717) is 12.8 Å². The number of aliphatic carboxylic acids is 1. The Morgan fingerprint density at radius 1 is 0.889 bits per heavy atom. The molecule has 0 spiro atoms. The maximum absolute atomic E-state index is 12.6. The quantitative estimate of drug-likeness (QED) is 0.242. The molecule has 3 unspecified atom stereocenters. The van der Waals surface area contributed by atoms with Gasteiger partial charge in [0, 0.05) is 5.75 Å². The minimum absolute atomic E-state index is 0.0214. The van der Waals surface area contributed by atoms with Crippen molar-refractivity contribution in [3.05, 3.63) is 0 Å². The molecule has 0 aromatic heterocycles. The lowest BCUT2D eigenvalue weighted by Gasteiger charge is -2.24. The summed E-state index contributed by atoms with van der Waals surface area (Å²) >= 11 is 4.02. The van der Waals surface area contributed by atoms with Crippen LogP contribution in [0.25, 0.3) is 0 Å². The monoisotopic (exact) mass is 404 g/mol. The van der Waals surface area contributed by atoms with Gasteiger partial charge in [-0.2, -0.15) is 12.6 Å². The van der Waals surface area contributed by atoms with E-state index in [1.54, 1.807) is 0 Å². The molecule has 0 bridgehead atoms. The molecule has 3 amide bonds. The van der Waals surface area contributed by atoms with Crippen molar-refractivity contribution in [3.63, 3.8) is 0 Å². The maximum Gasteiger partial charge on any atom is 0.322 e. The topological polar surface area (TPSA) is 151 Å². The van der Waals surface area contributed by atoms with Gasteiger partial charge in [0.1, 0.15) is 18.6 Å². The van der Waals surface area contributed by atoms with Crippen LogP contribution in [0.5, 0.6) is 0 Å². The maximum atomic E-state index is 12.6. The van der Waals surface area contributed by atoms with E-state index in [1.807, 2.05) is 27.7 Å². The number of carboxylic acids is 1. The van der Waals surface area contributed by atoms with Gasteiger partial charge in [-0.05, 0) is 24.7 Å². The summed E-state index contributed by atoms with van der Waals surface area (Å²) in [4.78, 5) is 47.4. The Balaban J connectivity index is 5.00. The van der Waals surface area contributed by atoms with Crippen LogP contribution in [0, 0.1) is 11.8 Å². The van der Waals surface area contributed by atoms with Gasteiger partial charge in [-0.3, -0.25) is 19.2 Å². The first kappa shape index (κ1) is 25.2. The molecule has 0 aliphatic carbocycles. The van der Waals surface area contributed by atoms with Gasteiger partial charge in [0.15, 0.2) is 0 Å². The third kappa shape index (κ3) is 10.8. The van der Waals surface area contributed by atoms with Crippen molar-refractivity contribution in [2.24, 2.45) is 17.6 Å². The fourth-order valence-electron chi connectivity index (χ4n) is 2.35. The summed E-state index contributed by atoms with van der Waals surface area (Å²) in [6.07, 6.45) is 0.848. The highest BCUT2D eigenvalue weighted by molar-refractivity contribution is 7.80. The van der Waals surface area contributed by atoms with Crippen LogP contribution in [0.2, 0.25) is 0 Å². The van der Waals surface area contributed by atoms with Crippen molar-refractivity contribution in [1.82, 2.24) is 16.0 Å². The predicted octanol–water partition coefficient (Wildman–Crippen LogP) is -0.494. The Morgan fingerprint density at radius 3 is 1.85 bits per heavy atom. The number of carbonyl (C=O) groups excluding carboxylic acids is 3. The number of amides is 3. The average Bonchev–Trinajstić information content (AvgIpc) is 2.55. The molecular weight excluding hydrogens is 372 g/mol. The van der Waals surface area contributed by atoms with Gasteiger partial charge < -0.3 is 26.8 Å². The summed E-state index contributed by atoms with van der Waals surface area (Å²) in [6.45, 7) is 7.12. The largest absolute Gasteiger partial charge is 0.480 e. The van der Waals surface area contributed by atoms with Crippen LogP contribution in [0.1, 0.15) is 40.5 Å². The number of rotatable bonds is 12. The van der Waals surface area contributed by atoms with Gasteiger partial charge in [0.05, 0.1) is 6.04 Å². The highest BCUT2D eigenvalue weighted by Crippen LogP contribution is 2.08. The highest BCUT2D eigenvalue weighted by Gasteiger charge is 2.28. The van der Waals surface area contributed by atoms with Crippen molar-refractivity contribution in [1.29, 1.82) is 0 Å². The molecule has 10 heteroatoms. The molecule has 0 saturated heterocycles. The van der Waals surface area contributed by atoms with Gasteiger partial charge in [0.25, 0.3) is 0 Å². The summed E-state index contributed by atoms with van der Waals surface area (Å²) < 4.78 is 0. The molecule has 0 fully saturated rings. The summed E-state index contributed by atoms with van der Waals surface area (Å²) in [5, 5.41) is 16.0. The smallest absolute Gasteiger partial charge is 0.322 e. The van der Waals surface area contributed by atoms with E-state index in [1.165, 1.54) is 0 Å². The molecule has 0 rings (SSSR count). The number of nitrogens with two attached hydrogens (primary N) is 1. The molecule has 0 aromatic rings. The second-order valence-corrected chi connectivity index (χ2v) is 7.65. The van der Waals surface area contributed by atoms with Crippen molar-refractivity contribution < 1.29 is 24.3 Å². The molecule has 0 saturated carbocycles. The number of thiol groups is 1. The zero-order valence-electron chi connectivity index (χ0n) is 16.3. The number of carboxylic acid groups (broad SMARTS) is 1. The fourth-order valence-corrected chi connectivity index (χ4v) is 2.61. The molecule has 3 atom stereocenters. The predicted molar refractivity (Wildman–Crippen MR) is 105 cm³/mol. The first-order valence-corrected chi connectivity index (χ1v) is 9.57. The SMILES string of the molecule is CC(C)CC(N)C(=O)NC(CC(C)C)C(=O)NC(CS)C(=O)NCC(=O)O. The third-order valence-electron chi connectivity index (χ3n) is 3.63. The van der Waals surface area contributed by atoms with E-state index in [0.717, 1.165) is 0 Å². The standard InChI is InChI=1S/C17H32N4O5S/c1-9(2)5-11(18)15(24)20-12(6-10(3)4)17(26)21-13(8-27)16(25)19-7-14(22)23/h9-13,27H,5-8,18H2,1-4H3,(H,19,25)(H,20,24)(H,21,26)(H,22,23). The van der Waals surface area contributed by atoms with Gasteiger partial charge in [-0.25, -0.2) is 0 Å². The highest BCUT2D eigenvalue weighted by atomic mass is 32.1. The minimum atomic E-state index is -1.20. The number of carbonyl (C=O) groups is 4. The van der Waals surface area contributed by atoms with E-state index >= 15 is 0 Å². The molecule has 0 aliphatic heterocycles. The second kappa shape index (κ2) is 12.6. The molecular formula is C17H32N4O5S. The van der Waals surface area contributed by atoms with Gasteiger partial charge in [-0.1, -0.05) is 27.7 Å². The normalized spacial score (nSPS) is 14.4. The molecule has 27 heavy (non-hydrogen) atoms. The van der Waals surface area contributed by atoms with Gasteiger partial charge in [-0.15, -0.1) is 0 Å². The Morgan fingerprint density at radius 2 is 1.41 bits per heavy atom. The van der Waals surface area contributed by atoms with E-state index < -0.39 is 48.4 Å². The van der Waals surface area contributed by atoms with E-state index in [-0.39, 0.29) is 17.6 Å². The molecule has 9 nitrogen and oxygen atoms in total. The van der Waals surface area contributed by atoms with Crippen molar-refractivity contribution >= 4 is 36.3 Å². The van der Waals surface area contributed by atoms with Crippen LogP contribution < -0.4 is 21.7 Å². The zero-order valence-corrected chi connectivity index (χ0v) is 17.2. The lowest BCUT2D eigenvalue weighted by molar-refractivity contribution is -0.138. The lowest BCUT2D eigenvalue weighted by atomic mass is 10.0. The van der Waals surface area contributed by atoms with Crippen LogP contribution in [0.4, 0.5) is 0 Å². The van der Waals surface area contributed by atoms with Crippen molar-refractivity contribution in [3.8, 4) is 0 Å². The van der Waals surface area contributed by atoms with Crippen LogP contribution in [0.3, 0.4) is 0 Å². The average molecular weight is 405 g/mol. The van der Waals surface area contributed by atoms with Crippen LogP contribution >= 0.6 is 12.6 Å². The molecule has 156 valence electrons. The van der Waals surface area contributed by atoms with E-state index in [9.17, 15) is 19.2 Å². The van der Waals surface area contributed by atoms with E-state index in [4.69, 9.17) is 10.8 Å². The molecule has 0 heterocycles. The van der Waals surface area contributed by atoms with Crippen molar-refractivity contribution in [2.75, 3.05) is 12.3 Å². The molecule has 0 radical (unpaired) electrons. The Hall–Kier alpha value is -1.81. The summed E-state index contributed by atoms with van der Waals surface area (Å²) in [5.41, 5.74) is 5.87. The zero-order chi connectivity index (χ0) is 21.1. The lowest BCUT2D eigenvalue weighted by Crippen LogP contribution is -2.56. The fraction of sp³-hybridized carbons (Fsp3) is 0.765. The number of hydrogen-bond donors (Lipinski definition) is 6. The molecule has 0 aliphatic rings. The first-order chi connectivity index (χ1) is 12.5. The molecule has 6 N–H and O–H groups in total. The van der Waals surface area contributed by atoms with Crippen LogP contribution in [-0.4, -0.2) is 59.2 Å². The molecule has 0 aromatic carbocycles. The van der Waals surface area contributed by atoms with Gasteiger partial charge >= 0.3 is 5.97 Å². The second-order valence-electron chi connectivity index (χ2n) is 7.28. The number of hydrogen-bond acceptors (Lipinski definition) is 6. The first-order valence-electron chi connectivity index (χ1n) is 8.94. The number of nitrogens with one attached hydrogen (secondary N) is 3.